The van der Waals surface area contributed by atoms with Gasteiger partial charge in [-0.3, -0.25) is 4.79 Å². The van der Waals surface area contributed by atoms with Gasteiger partial charge in [-0.15, -0.1) is 12.4 Å². The van der Waals surface area contributed by atoms with Crippen molar-refractivity contribution in [2.24, 2.45) is 0 Å². The van der Waals surface area contributed by atoms with E-state index in [1.165, 1.54) is 24.8 Å². The Hall–Kier alpha value is -0.620. The molecule has 0 bridgehead atoms. The predicted octanol–water partition coefficient (Wildman–Crippen LogP) is 3.61. The van der Waals surface area contributed by atoms with Crippen molar-refractivity contribution in [3.05, 3.63) is 34.3 Å². The van der Waals surface area contributed by atoms with Crippen LogP contribution in [0.4, 0.5) is 0 Å². The van der Waals surface area contributed by atoms with E-state index in [1.807, 2.05) is 0 Å². The van der Waals surface area contributed by atoms with E-state index in [-0.39, 0.29) is 29.9 Å². The molecule has 1 unspecified atom stereocenters. The fourth-order valence-electron chi connectivity index (χ4n) is 3.89. The lowest BCUT2D eigenvalue weighted by molar-refractivity contribution is -0.124. The van der Waals surface area contributed by atoms with Gasteiger partial charge in [-0.05, 0) is 37.0 Å². The third-order valence-corrected chi connectivity index (χ3v) is 5.63. The summed E-state index contributed by atoms with van der Waals surface area (Å²) in [6.07, 6.45) is 7.23. The van der Waals surface area contributed by atoms with Crippen molar-refractivity contribution in [1.29, 1.82) is 0 Å². The molecule has 2 fully saturated rings. The zero-order chi connectivity index (χ0) is 16.8. The third-order valence-electron chi connectivity index (χ3n) is 5.10. The molecule has 6 heteroatoms. The van der Waals surface area contributed by atoms with Crippen LogP contribution in [-0.2, 0) is 16.0 Å². The maximum absolute atomic E-state index is 12.6. The third kappa shape index (κ3) is 6.24. The van der Waals surface area contributed by atoms with Gasteiger partial charge in [-0.2, -0.15) is 0 Å². The lowest BCUT2D eigenvalue weighted by Gasteiger charge is -2.39. The summed E-state index contributed by atoms with van der Waals surface area (Å²) in [5.74, 6) is 0.150. The first-order valence-electron chi connectivity index (χ1n) is 9.02. The Kier molecular flexibility index (Phi) is 8.20. The minimum Gasteiger partial charge on any atom is -0.378 e. The van der Waals surface area contributed by atoms with Crippen molar-refractivity contribution in [2.75, 3.05) is 19.8 Å². The standard InChI is InChI=1S/C19H27BrN2O2.ClH/c20-16-6-4-15(5-7-16)13-19(8-2-1-3-9-19)22-18(23)12-17-14-24-11-10-21-17;/h4-7,17,21H,1-3,8-14H2,(H,22,23);1H. The largest absolute Gasteiger partial charge is 0.378 e. The Labute approximate surface area is 165 Å². The van der Waals surface area contributed by atoms with Crippen LogP contribution in [0.1, 0.15) is 44.1 Å². The van der Waals surface area contributed by atoms with Crippen LogP contribution in [0.25, 0.3) is 0 Å². The van der Waals surface area contributed by atoms with Gasteiger partial charge in [0, 0.05) is 29.0 Å². The van der Waals surface area contributed by atoms with Crippen LogP contribution in [0.2, 0.25) is 0 Å². The van der Waals surface area contributed by atoms with Crippen molar-refractivity contribution >= 4 is 34.2 Å². The van der Waals surface area contributed by atoms with Crippen molar-refractivity contribution in [2.45, 2.75) is 56.5 Å². The van der Waals surface area contributed by atoms with Crippen LogP contribution in [0, 0.1) is 0 Å². The second-order valence-electron chi connectivity index (χ2n) is 7.12. The first kappa shape index (κ1) is 20.7. The first-order chi connectivity index (χ1) is 11.7. The van der Waals surface area contributed by atoms with Gasteiger partial charge in [-0.25, -0.2) is 0 Å². The molecule has 0 radical (unpaired) electrons. The predicted molar refractivity (Wildman–Crippen MR) is 106 cm³/mol. The zero-order valence-electron chi connectivity index (χ0n) is 14.6. The maximum Gasteiger partial charge on any atom is 0.222 e. The number of nitrogens with one attached hydrogen (secondary N) is 2. The molecule has 1 aromatic rings. The zero-order valence-corrected chi connectivity index (χ0v) is 17.0. The number of hydrogen-bond donors (Lipinski definition) is 2. The number of morpholine rings is 1. The van der Waals surface area contributed by atoms with Gasteiger partial charge in [-0.1, -0.05) is 47.3 Å². The van der Waals surface area contributed by atoms with Gasteiger partial charge >= 0.3 is 0 Å². The minimum absolute atomic E-state index is 0. The van der Waals surface area contributed by atoms with Crippen LogP contribution in [0.3, 0.4) is 0 Å². The highest BCUT2D eigenvalue weighted by Crippen LogP contribution is 2.32. The van der Waals surface area contributed by atoms with Gasteiger partial charge in [0.2, 0.25) is 5.91 Å². The smallest absolute Gasteiger partial charge is 0.222 e. The first-order valence-corrected chi connectivity index (χ1v) is 9.81. The molecular weight excluding hydrogens is 404 g/mol. The molecule has 0 aromatic heterocycles. The van der Waals surface area contributed by atoms with Crippen molar-refractivity contribution in [3.63, 3.8) is 0 Å². The summed E-state index contributed by atoms with van der Waals surface area (Å²) in [6, 6.07) is 8.62. The molecule has 2 N–H and O–H groups in total. The molecule has 1 aromatic carbocycles. The monoisotopic (exact) mass is 430 g/mol. The molecule has 1 aliphatic carbocycles. The average molecular weight is 432 g/mol. The van der Waals surface area contributed by atoms with Crippen molar-refractivity contribution < 1.29 is 9.53 Å². The lowest BCUT2D eigenvalue weighted by Crippen LogP contribution is -2.53. The second kappa shape index (κ2) is 9.91. The van der Waals surface area contributed by atoms with Crippen LogP contribution >= 0.6 is 28.3 Å². The van der Waals surface area contributed by atoms with Gasteiger partial charge in [0.15, 0.2) is 0 Å². The van der Waals surface area contributed by atoms with Gasteiger partial charge in [0.25, 0.3) is 0 Å². The number of hydrogen-bond acceptors (Lipinski definition) is 3. The molecule has 1 amide bonds. The highest BCUT2D eigenvalue weighted by atomic mass is 79.9. The quantitative estimate of drug-likeness (QED) is 0.749. The van der Waals surface area contributed by atoms with Gasteiger partial charge in [0.05, 0.1) is 13.2 Å². The summed E-state index contributed by atoms with van der Waals surface area (Å²) in [7, 11) is 0. The molecule has 4 nitrogen and oxygen atoms in total. The number of carbonyl (C=O) groups excluding carboxylic acids is 1. The van der Waals surface area contributed by atoms with Gasteiger partial charge < -0.3 is 15.4 Å². The van der Waals surface area contributed by atoms with E-state index in [9.17, 15) is 4.79 Å². The Morgan fingerprint density at radius 3 is 2.60 bits per heavy atom. The normalized spacial score (nSPS) is 22.7. The number of rotatable bonds is 5. The second-order valence-corrected chi connectivity index (χ2v) is 8.04. The van der Waals surface area contributed by atoms with E-state index in [0.29, 0.717) is 13.0 Å². The molecule has 1 saturated carbocycles. The van der Waals surface area contributed by atoms with E-state index in [1.54, 1.807) is 0 Å². The fraction of sp³-hybridized carbons (Fsp3) is 0.632. The average Bonchev–Trinajstić information content (AvgIpc) is 2.58. The summed E-state index contributed by atoms with van der Waals surface area (Å²) in [5, 5.41) is 6.76. The molecule has 2 aliphatic rings. The fourth-order valence-corrected chi connectivity index (χ4v) is 4.15. The van der Waals surface area contributed by atoms with Gasteiger partial charge in [0.1, 0.15) is 0 Å². The molecular formula is C19H28BrClN2O2. The molecule has 25 heavy (non-hydrogen) atoms. The molecule has 1 heterocycles. The number of carbonyl (C=O) groups is 1. The van der Waals surface area contributed by atoms with E-state index < -0.39 is 0 Å². The van der Waals surface area contributed by atoms with E-state index in [4.69, 9.17) is 4.74 Å². The van der Waals surface area contributed by atoms with E-state index >= 15 is 0 Å². The minimum atomic E-state index is -0.0846. The molecule has 1 saturated heterocycles. The summed E-state index contributed by atoms with van der Waals surface area (Å²) in [4.78, 5) is 12.6. The number of benzene rings is 1. The Morgan fingerprint density at radius 2 is 1.96 bits per heavy atom. The summed E-state index contributed by atoms with van der Waals surface area (Å²) in [6.45, 7) is 2.21. The maximum atomic E-state index is 12.6. The Bertz CT molecular complexity index is 541. The SMILES string of the molecule is Cl.O=C(CC1COCCN1)NC1(Cc2ccc(Br)cc2)CCCCC1. The highest BCUT2D eigenvalue weighted by molar-refractivity contribution is 9.10. The Balaban J connectivity index is 0.00000225. The molecule has 1 aliphatic heterocycles. The summed E-state index contributed by atoms with van der Waals surface area (Å²) in [5.41, 5.74) is 1.21. The van der Waals surface area contributed by atoms with Crippen LogP contribution < -0.4 is 10.6 Å². The summed E-state index contributed by atoms with van der Waals surface area (Å²) < 4.78 is 6.55. The number of ether oxygens (including phenoxy) is 1. The van der Waals surface area contributed by atoms with Crippen LogP contribution in [0.5, 0.6) is 0 Å². The Morgan fingerprint density at radius 1 is 1.24 bits per heavy atom. The van der Waals surface area contributed by atoms with Crippen LogP contribution in [-0.4, -0.2) is 37.2 Å². The van der Waals surface area contributed by atoms with E-state index in [0.717, 1.165) is 36.9 Å². The van der Waals surface area contributed by atoms with Crippen molar-refractivity contribution in [3.8, 4) is 0 Å². The number of amides is 1. The lowest BCUT2D eigenvalue weighted by atomic mass is 9.77. The highest BCUT2D eigenvalue weighted by Gasteiger charge is 2.34. The molecule has 140 valence electrons. The topological polar surface area (TPSA) is 50.4 Å². The molecule has 0 spiro atoms. The summed E-state index contributed by atoms with van der Waals surface area (Å²) >= 11 is 3.49. The number of halogens is 2. The molecule has 1 atom stereocenters. The van der Waals surface area contributed by atoms with E-state index in [2.05, 4.69) is 50.8 Å². The van der Waals surface area contributed by atoms with Crippen molar-refractivity contribution in [1.82, 2.24) is 10.6 Å². The molecule has 3 rings (SSSR count). The van der Waals surface area contributed by atoms with Crippen LogP contribution in [0.15, 0.2) is 28.7 Å².